The molecule has 3 amide bonds. The van der Waals surface area contributed by atoms with Crippen LogP contribution in [0.2, 0.25) is 0 Å². The van der Waals surface area contributed by atoms with Gasteiger partial charge in [-0.05, 0) is 31.9 Å². The van der Waals surface area contributed by atoms with E-state index in [2.05, 4.69) is 10.6 Å². The number of hydrogen-bond acceptors (Lipinski definition) is 5. The zero-order valence-electron chi connectivity index (χ0n) is 12.9. The number of imide groups is 1. The van der Waals surface area contributed by atoms with Gasteiger partial charge in [-0.1, -0.05) is 19.1 Å². The van der Waals surface area contributed by atoms with E-state index in [1.54, 1.807) is 19.1 Å². The second kappa shape index (κ2) is 8.02. The minimum atomic E-state index is -0.710. The molecule has 1 atom stereocenters. The van der Waals surface area contributed by atoms with Gasteiger partial charge in [-0.2, -0.15) is 0 Å². The van der Waals surface area contributed by atoms with Crippen LogP contribution in [-0.2, 0) is 9.53 Å². The van der Waals surface area contributed by atoms with Gasteiger partial charge in [0.25, 0.3) is 5.91 Å². The van der Waals surface area contributed by atoms with E-state index in [9.17, 15) is 14.4 Å². The van der Waals surface area contributed by atoms with Gasteiger partial charge in [0.1, 0.15) is 0 Å². The van der Waals surface area contributed by atoms with Gasteiger partial charge in [-0.15, -0.1) is 0 Å². The number of nitrogen functional groups attached to an aromatic ring is 1. The standard InChI is InChI=1S/C15H21N3O4/c1-4-10(3)17-15(21)18-12(19)8-22-14(20)11-7-5-6-9(2)13(11)16/h5-7,10H,4,8,16H2,1-3H3,(H2,17,18,19,21)/t10-/m0/s1. The third-order valence-corrected chi connectivity index (χ3v) is 3.12. The van der Waals surface area contributed by atoms with E-state index in [4.69, 9.17) is 10.5 Å². The summed E-state index contributed by atoms with van der Waals surface area (Å²) >= 11 is 0. The Balaban J connectivity index is 2.49. The number of carbonyl (C=O) groups excluding carboxylic acids is 3. The molecule has 0 saturated heterocycles. The molecule has 1 rings (SSSR count). The van der Waals surface area contributed by atoms with Crippen LogP contribution in [0.4, 0.5) is 10.5 Å². The lowest BCUT2D eigenvalue weighted by Gasteiger charge is -2.12. The summed E-state index contributed by atoms with van der Waals surface area (Å²) < 4.78 is 4.85. The Morgan fingerprint density at radius 1 is 1.32 bits per heavy atom. The lowest BCUT2D eigenvalue weighted by molar-refractivity contribution is -0.123. The van der Waals surface area contributed by atoms with Crippen LogP contribution >= 0.6 is 0 Å². The zero-order valence-corrected chi connectivity index (χ0v) is 12.9. The summed E-state index contributed by atoms with van der Waals surface area (Å²) in [7, 11) is 0. The Labute approximate surface area is 129 Å². The SMILES string of the molecule is CC[C@H](C)NC(=O)NC(=O)COC(=O)c1cccc(C)c1N. The number of hydrogen-bond donors (Lipinski definition) is 3. The van der Waals surface area contributed by atoms with Crippen molar-refractivity contribution < 1.29 is 19.1 Å². The first-order chi connectivity index (χ1) is 10.3. The van der Waals surface area contributed by atoms with Crippen molar-refractivity contribution in [2.75, 3.05) is 12.3 Å². The van der Waals surface area contributed by atoms with Crippen LogP contribution in [0.5, 0.6) is 0 Å². The van der Waals surface area contributed by atoms with Crippen molar-refractivity contribution >= 4 is 23.6 Å². The number of aryl methyl sites for hydroxylation is 1. The van der Waals surface area contributed by atoms with Crippen LogP contribution in [0.25, 0.3) is 0 Å². The van der Waals surface area contributed by atoms with E-state index >= 15 is 0 Å². The number of benzene rings is 1. The lowest BCUT2D eigenvalue weighted by atomic mass is 10.1. The number of anilines is 1. The predicted octanol–water partition coefficient (Wildman–Crippen LogP) is 1.36. The number of nitrogens with one attached hydrogen (secondary N) is 2. The summed E-state index contributed by atoms with van der Waals surface area (Å²) in [4.78, 5) is 34.8. The average Bonchev–Trinajstić information content (AvgIpc) is 2.47. The molecular formula is C15H21N3O4. The fourth-order valence-corrected chi connectivity index (χ4v) is 1.59. The van der Waals surface area contributed by atoms with E-state index in [0.717, 1.165) is 12.0 Å². The largest absolute Gasteiger partial charge is 0.452 e. The third-order valence-electron chi connectivity index (χ3n) is 3.12. The van der Waals surface area contributed by atoms with Crippen LogP contribution < -0.4 is 16.4 Å². The van der Waals surface area contributed by atoms with E-state index in [1.807, 2.05) is 13.8 Å². The van der Waals surface area contributed by atoms with Crippen molar-refractivity contribution in [1.29, 1.82) is 0 Å². The molecule has 7 heteroatoms. The van der Waals surface area contributed by atoms with Crippen LogP contribution in [0.1, 0.15) is 36.2 Å². The highest BCUT2D eigenvalue weighted by molar-refractivity contribution is 5.99. The normalized spacial score (nSPS) is 11.4. The molecule has 0 saturated carbocycles. The first kappa shape index (κ1) is 17.5. The smallest absolute Gasteiger partial charge is 0.340 e. The Morgan fingerprint density at radius 3 is 2.64 bits per heavy atom. The van der Waals surface area contributed by atoms with Gasteiger partial charge in [0, 0.05) is 11.7 Å². The molecular weight excluding hydrogens is 286 g/mol. The fourth-order valence-electron chi connectivity index (χ4n) is 1.59. The van der Waals surface area contributed by atoms with E-state index in [1.165, 1.54) is 6.07 Å². The highest BCUT2D eigenvalue weighted by atomic mass is 16.5. The quantitative estimate of drug-likeness (QED) is 0.562. The van der Waals surface area contributed by atoms with Crippen LogP contribution in [0, 0.1) is 6.92 Å². The number of esters is 1. The van der Waals surface area contributed by atoms with Crippen molar-refractivity contribution in [3.8, 4) is 0 Å². The Kier molecular flexibility index (Phi) is 6.37. The van der Waals surface area contributed by atoms with Gasteiger partial charge in [0.15, 0.2) is 6.61 Å². The maximum absolute atomic E-state index is 11.8. The molecule has 1 aromatic rings. The Morgan fingerprint density at radius 2 is 2.00 bits per heavy atom. The van der Waals surface area contributed by atoms with E-state index in [0.29, 0.717) is 5.69 Å². The first-order valence-corrected chi connectivity index (χ1v) is 6.97. The molecule has 0 bridgehead atoms. The number of amides is 3. The molecule has 0 spiro atoms. The van der Waals surface area contributed by atoms with Gasteiger partial charge in [0.2, 0.25) is 0 Å². The van der Waals surface area contributed by atoms with Gasteiger partial charge in [0.05, 0.1) is 5.56 Å². The van der Waals surface area contributed by atoms with Crippen molar-refractivity contribution in [2.24, 2.45) is 0 Å². The maximum atomic E-state index is 11.8. The molecule has 7 nitrogen and oxygen atoms in total. The van der Waals surface area contributed by atoms with Crippen LogP contribution in [0.3, 0.4) is 0 Å². The number of nitrogens with two attached hydrogens (primary N) is 1. The van der Waals surface area contributed by atoms with Crippen LogP contribution in [0.15, 0.2) is 18.2 Å². The molecule has 0 aliphatic carbocycles. The molecule has 0 fully saturated rings. The second-order valence-electron chi connectivity index (χ2n) is 4.94. The zero-order chi connectivity index (χ0) is 16.7. The average molecular weight is 307 g/mol. The Bertz CT molecular complexity index is 572. The Hall–Kier alpha value is -2.57. The van der Waals surface area contributed by atoms with Crippen molar-refractivity contribution in [1.82, 2.24) is 10.6 Å². The molecule has 22 heavy (non-hydrogen) atoms. The van der Waals surface area contributed by atoms with Gasteiger partial charge >= 0.3 is 12.0 Å². The second-order valence-corrected chi connectivity index (χ2v) is 4.94. The minimum absolute atomic E-state index is 0.0533. The monoisotopic (exact) mass is 307 g/mol. The molecule has 120 valence electrons. The highest BCUT2D eigenvalue weighted by Gasteiger charge is 2.15. The van der Waals surface area contributed by atoms with Gasteiger partial charge in [-0.25, -0.2) is 9.59 Å². The third kappa shape index (κ3) is 5.08. The first-order valence-electron chi connectivity index (χ1n) is 6.97. The number of rotatable bonds is 5. The molecule has 1 aromatic carbocycles. The summed E-state index contributed by atoms with van der Waals surface area (Å²) in [5.74, 6) is -1.42. The fraction of sp³-hybridized carbons (Fsp3) is 0.400. The molecule has 0 heterocycles. The van der Waals surface area contributed by atoms with Crippen molar-refractivity contribution in [3.05, 3.63) is 29.3 Å². The molecule has 0 aromatic heterocycles. The van der Waals surface area contributed by atoms with Gasteiger partial charge in [-0.3, -0.25) is 10.1 Å². The maximum Gasteiger partial charge on any atom is 0.340 e. The van der Waals surface area contributed by atoms with E-state index < -0.39 is 24.5 Å². The topological polar surface area (TPSA) is 111 Å². The summed E-state index contributed by atoms with van der Waals surface area (Å²) in [6, 6.07) is 4.27. The molecule has 0 unspecified atom stereocenters. The molecule has 4 N–H and O–H groups in total. The summed E-state index contributed by atoms with van der Waals surface area (Å²) in [5.41, 5.74) is 7.02. The summed E-state index contributed by atoms with van der Waals surface area (Å²) in [6.45, 7) is 4.92. The van der Waals surface area contributed by atoms with E-state index in [-0.39, 0.29) is 11.6 Å². The van der Waals surface area contributed by atoms with Gasteiger partial charge < -0.3 is 15.8 Å². The summed E-state index contributed by atoms with van der Waals surface area (Å²) in [5, 5.41) is 4.65. The molecule has 0 radical (unpaired) electrons. The minimum Gasteiger partial charge on any atom is -0.452 e. The lowest BCUT2D eigenvalue weighted by Crippen LogP contribution is -2.44. The van der Waals surface area contributed by atoms with Crippen LogP contribution in [-0.4, -0.2) is 30.6 Å². The highest BCUT2D eigenvalue weighted by Crippen LogP contribution is 2.17. The number of ether oxygens (including phenoxy) is 1. The van der Waals surface area contributed by atoms with Crippen molar-refractivity contribution in [2.45, 2.75) is 33.2 Å². The number of urea groups is 1. The summed E-state index contributed by atoms with van der Waals surface area (Å²) in [6.07, 6.45) is 0.739. The number of para-hydroxylation sites is 1. The predicted molar refractivity (Wildman–Crippen MR) is 82.3 cm³/mol. The number of carbonyl (C=O) groups is 3. The molecule has 0 aliphatic rings. The molecule has 0 aliphatic heterocycles. The van der Waals surface area contributed by atoms with Crippen molar-refractivity contribution in [3.63, 3.8) is 0 Å².